The number of rotatable bonds is 6. The molecule has 0 aliphatic heterocycles. The number of nitrogens with one attached hydrogen (secondary N) is 1. The fraction of sp³-hybridized carbons (Fsp3) is 0.500. The molecular formula is C12H18FN. The van der Waals surface area contributed by atoms with Crippen LogP contribution in [-0.2, 0) is 12.8 Å². The molecule has 0 fully saturated rings. The molecule has 0 unspecified atom stereocenters. The first kappa shape index (κ1) is 11.2. The number of alkyl halides is 1. The van der Waals surface area contributed by atoms with E-state index in [1.807, 2.05) is 7.05 Å². The van der Waals surface area contributed by atoms with Gasteiger partial charge >= 0.3 is 0 Å². The van der Waals surface area contributed by atoms with Crippen LogP contribution in [0.4, 0.5) is 4.39 Å². The minimum atomic E-state index is -0.221. The van der Waals surface area contributed by atoms with Gasteiger partial charge in [0.15, 0.2) is 0 Å². The smallest absolute Gasteiger partial charge is 0.0897 e. The molecule has 0 heterocycles. The standard InChI is InChI=1S/C12H18FN/c1-14-10-8-12-6-4-11(5-7-12)3-2-9-13/h4-7,14H,2-3,8-10H2,1H3. The number of likely N-dealkylation sites (N-methyl/N-ethyl adjacent to an activating group) is 1. The Labute approximate surface area is 85.3 Å². The third kappa shape index (κ3) is 3.88. The van der Waals surface area contributed by atoms with Gasteiger partial charge in [-0.15, -0.1) is 0 Å². The van der Waals surface area contributed by atoms with E-state index in [2.05, 4.69) is 29.6 Å². The highest BCUT2D eigenvalue weighted by molar-refractivity contribution is 5.22. The Kier molecular flexibility index (Phi) is 5.23. The van der Waals surface area contributed by atoms with E-state index in [1.165, 1.54) is 11.1 Å². The molecule has 14 heavy (non-hydrogen) atoms. The van der Waals surface area contributed by atoms with Gasteiger partial charge in [-0.05, 0) is 44.0 Å². The Morgan fingerprint density at radius 3 is 2.14 bits per heavy atom. The number of hydrogen-bond donors (Lipinski definition) is 1. The Balaban J connectivity index is 2.42. The molecule has 2 heteroatoms. The lowest BCUT2D eigenvalue weighted by atomic mass is 10.1. The lowest BCUT2D eigenvalue weighted by molar-refractivity contribution is 0.473. The Hall–Kier alpha value is -0.890. The van der Waals surface area contributed by atoms with Gasteiger partial charge in [-0.1, -0.05) is 24.3 Å². The lowest BCUT2D eigenvalue weighted by Gasteiger charge is -2.03. The van der Waals surface area contributed by atoms with Gasteiger partial charge in [0.05, 0.1) is 6.67 Å². The molecule has 78 valence electrons. The summed E-state index contributed by atoms with van der Waals surface area (Å²) in [6.07, 6.45) is 2.54. The Bertz CT molecular complexity index is 216. The summed E-state index contributed by atoms with van der Waals surface area (Å²) in [4.78, 5) is 0. The highest BCUT2D eigenvalue weighted by Crippen LogP contribution is 2.07. The number of benzene rings is 1. The van der Waals surface area contributed by atoms with Crippen LogP contribution in [0.25, 0.3) is 0 Å². The van der Waals surface area contributed by atoms with Gasteiger partial charge < -0.3 is 5.32 Å². The molecule has 1 aromatic carbocycles. The fourth-order valence-electron chi connectivity index (χ4n) is 1.41. The minimum absolute atomic E-state index is 0.221. The fourth-order valence-corrected chi connectivity index (χ4v) is 1.41. The van der Waals surface area contributed by atoms with Gasteiger partial charge in [0.1, 0.15) is 0 Å². The number of aryl methyl sites for hydroxylation is 1. The van der Waals surface area contributed by atoms with Gasteiger partial charge in [0, 0.05) is 0 Å². The maximum absolute atomic E-state index is 11.9. The van der Waals surface area contributed by atoms with E-state index in [0.717, 1.165) is 19.4 Å². The molecule has 1 nitrogen and oxygen atoms in total. The predicted octanol–water partition coefficient (Wildman–Crippen LogP) is 2.35. The van der Waals surface area contributed by atoms with Crippen molar-refractivity contribution in [2.24, 2.45) is 0 Å². The quantitative estimate of drug-likeness (QED) is 0.734. The summed E-state index contributed by atoms with van der Waals surface area (Å²) in [5.41, 5.74) is 2.57. The zero-order valence-electron chi connectivity index (χ0n) is 8.72. The van der Waals surface area contributed by atoms with Crippen molar-refractivity contribution < 1.29 is 4.39 Å². The van der Waals surface area contributed by atoms with Crippen LogP contribution in [0, 0.1) is 0 Å². The summed E-state index contributed by atoms with van der Waals surface area (Å²) in [5, 5.41) is 3.12. The molecule has 0 radical (unpaired) electrons. The average molecular weight is 195 g/mol. The van der Waals surface area contributed by atoms with Crippen LogP contribution in [0.15, 0.2) is 24.3 Å². The molecular weight excluding hydrogens is 177 g/mol. The van der Waals surface area contributed by atoms with Crippen molar-refractivity contribution in [3.63, 3.8) is 0 Å². The summed E-state index contributed by atoms with van der Waals surface area (Å²) in [5.74, 6) is 0. The molecule has 0 saturated heterocycles. The second-order valence-electron chi connectivity index (χ2n) is 3.46. The maximum Gasteiger partial charge on any atom is 0.0897 e. The van der Waals surface area contributed by atoms with Gasteiger partial charge in [0.25, 0.3) is 0 Å². The van der Waals surface area contributed by atoms with E-state index >= 15 is 0 Å². The number of hydrogen-bond acceptors (Lipinski definition) is 1. The van der Waals surface area contributed by atoms with E-state index in [9.17, 15) is 4.39 Å². The van der Waals surface area contributed by atoms with Gasteiger partial charge in [-0.2, -0.15) is 0 Å². The van der Waals surface area contributed by atoms with Crippen molar-refractivity contribution in [2.45, 2.75) is 19.3 Å². The first-order chi connectivity index (χ1) is 6.86. The maximum atomic E-state index is 11.9. The van der Waals surface area contributed by atoms with Crippen LogP contribution >= 0.6 is 0 Å². The summed E-state index contributed by atoms with van der Waals surface area (Å²) in [7, 11) is 1.95. The lowest BCUT2D eigenvalue weighted by Crippen LogP contribution is -2.10. The highest BCUT2D eigenvalue weighted by atomic mass is 19.1. The van der Waals surface area contributed by atoms with Gasteiger partial charge in [0.2, 0.25) is 0 Å². The van der Waals surface area contributed by atoms with Crippen LogP contribution in [0.1, 0.15) is 17.5 Å². The van der Waals surface area contributed by atoms with Crippen molar-refractivity contribution in [1.29, 1.82) is 0 Å². The molecule has 0 spiro atoms. The van der Waals surface area contributed by atoms with Crippen LogP contribution in [0.5, 0.6) is 0 Å². The molecule has 1 N–H and O–H groups in total. The van der Waals surface area contributed by atoms with Crippen molar-refractivity contribution >= 4 is 0 Å². The van der Waals surface area contributed by atoms with Crippen molar-refractivity contribution in [1.82, 2.24) is 5.32 Å². The van der Waals surface area contributed by atoms with Crippen LogP contribution in [-0.4, -0.2) is 20.3 Å². The third-order valence-corrected chi connectivity index (χ3v) is 2.29. The van der Waals surface area contributed by atoms with E-state index in [0.29, 0.717) is 6.42 Å². The molecule has 0 amide bonds. The zero-order valence-corrected chi connectivity index (χ0v) is 8.72. The largest absolute Gasteiger partial charge is 0.319 e. The topological polar surface area (TPSA) is 12.0 Å². The van der Waals surface area contributed by atoms with E-state index in [4.69, 9.17) is 0 Å². The van der Waals surface area contributed by atoms with E-state index in [-0.39, 0.29) is 6.67 Å². The highest BCUT2D eigenvalue weighted by Gasteiger charge is 1.94. The summed E-state index contributed by atoms with van der Waals surface area (Å²) >= 11 is 0. The molecule has 0 bridgehead atoms. The first-order valence-electron chi connectivity index (χ1n) is 5.15. The summed E-state index contributed by atoms with van der Waals surface area (Å²) < 4.78 is 11.9. The van der Waals surface area contributed by atoms with Crippen LogP contribution < -0.4 is 5.32 Å². The van der Waals surface area contributed by atoms with Gasteiger partial charge in [-0.3, -0.25) is 4.39 Å². The third-order valence-electron chi connectivity index (χ3n) is 2.29. The molecule has 1 aromatic rings. The van der Waals surface area contributed by atoms with Crippen LogP contribution in [0.2, 0.25) is 0 Å². The molecule has 0 atom stereocenters. The minimum Gasteiger partial charge on any atom is -0.319 e. The van der Waals surface area contributed by atoms with E-state index in [1.54, 1.807) is 0 Å². The van der Waals surface area contributed by atoms with Crippen molar-refractivity contribution in [2.75, 3.05) is 20.3 Å². The first-order valence-corrected chi connectivity index (χ1v) is 5.15. The normalized spacial score (nSPS) is 10.4. The second kappa shape index (κ2) is 6.55. The zero-order chi connectivity index (χ0) is 10.2. The summed E-state index contributed by atoms with van der Waals surface area (Å²) in [6, 6.07) is 8.46. The molecule has 1 rings (SSSR count). The van der Waals surface area contributed by atoms with Crippen molar-refractivity contribution in [3.05, 3.63) is 35.4 Å². The Morgan fingerprint density at radius 1 is 1.07 bits per heavy atom. The average Bonchev–Trinajstić information content (AvgIpc) is 2.25. The summed E-state index contributed by atoms with van der Waals surface area (Å²) in [6.45, 7) is 0.783. The van der Waals surface area contributed by atoms with Gasteiger partial charge in [-0.25, -0.2) is 0 Å². The second-order valence-corrected chi connectivity index (χ2v) is 3.46. The van der Waals surface area contributed by atoms with E-state index < -0.39 is 0 Å². The molecule has 0 saturated carbocycles. The molecule has 0 aromatic heterocycles. The van der Waals surface area contributed by atoms with Crippen LogP contribution in [0.3, 0.4) is 0 Å². The SMILES string of the molecule is CNCCc1ccc(CCCF)cc1. The number of halogens is 1. The monoisotopic (exact) mass is 195 g/mol. The molecule has 0 aliphatic rings. The Morgan fingerprint density at radius 2 is 1.64 bits per heavy atom. The molecule has 0 aliphatic carbocycles. The predicted molar refractivity (Wildman–Crippen MR) is 58.4 cm³/mol. The van der Waals surface area contributed by atoms with Crippen molar-refractivity contribution in [3.8, 4) is 0 Å².